The molecule has 19 heavy (non-hydrogen) atoms. The molecule has 0 N–H and O–H groups in total. The predicted molar refractivity (Wildman–Crippen MR) is 73.7 cm³/mol. The van der Waals surface area contributed by atoms with Crippen LogP contribution in [-0.4, -0.2) is 30.4 Å². The van der Waals surface area contributed by atoms with Crippen LogP contribution in [0.5, 0.6) is 0 Å². The number of rotatable bonds is 5. The van der Waals surface area contributed by atoms with Crippen molar-refractivity contribution in [3.05, 3.63) is 35.9 Å². The van der Waals surface area contributed by atoms with Crippen molar-refractivity contribution in [1.82, 2.24) is 4.90 Å². The van der Waals surface area contributed by atoms with E-state index in [0.717, 1.165) is 11.8 Å². The lowest BCUT2D eigenvalue weighted by atomic mass is 9.96. The summed E-state index contributed by atoms with van der Waals surface area (Å²) >= 11 is 0. The zero-order chi connectivity index (χ0) is 14.3. The lowest BCUT2D eigenvalue weighted by molar-refractivity contribution is -0.108. The number of benzene rings is 1. The van der Waals surface area contributed by atoms with Gasteiger partial charge >= 0.3 is 6.09 Å². The standard InChI is InChI=1S/C15H21NO3/c1-15(2,3)12-16(9-10-17)14(18)19-11-13-7-5-4-6-8-13/h4-8,10H,9,11-12H2,1-3H3. The fourth-order valence-electron chi connectivity index (χ4n) is 1.68. The summed E-state index contributed by atoms with van der Waals surface area (Å²) in [6, 6.07) is 9.47. The van der Waals surface area contributed by atoms with Crippen LogP contribution in [0.4, 0.5) is 4.79 Å². The van der Waals surface area contributed by atoms with Crippen molar-refractivity contribution in [1.29, 1.82) is 0 Å². The van der Waals surface area contributed by atoms with E-state index < -0.39 is 6.09 Å². The maximum Gasteiger partial charge on any atom is 0.410 e. The molecule has 0 radical (unpaired) electrons. The molecule has 0 heterocycles. The van der Waals surface area contributed by atoms with Crippen LogP contribution in [0.25, 0.3) is 0 Å². The monoisotopic (exact) mass is 263 g/mol. The number of carbonyl (C=O) groups is 2. The van der Waals surface area contributed by atoms with Gasteiger partial charge in [-0.05, 0) is 11.0 Å². The van der Waals surface area contributed by atoms with E-state index in [4.69, 9.17) is 4.74 Å². The van der Waals surface area contributed by atoms with Gasteiger partial charge in [-0.1, -0.05) is 51.1 Å². The molecule has 1 aromatic carbocycles. The normalized spacial score (nSPS) is 10.9. The molecule has 0 saturated heterocycles. The second-order valence-corrected chi connectivity index (χ2v) is 5.65. The van der Waals surface area contributed by atoms with Crippen LogP contribution < -0.4 is 0 Å². The number of aldehydes is 1. The van der Waals surface area contributed by atoms with Gasteiger partial charge in [0.2, 0.25) is 0 Å². The highest BCUT2D eigenvalue weighted by Gasteiger charge is 2.21. The van der Waals surface area contributed by atoms with Crippen LogP contribution in [0.3, 0.4) is 0 Å². The van der Waals surface area contributed by atoms with E-state index >= 15 is 0 Å². The van der Waals surface area contributed by atoms with Gasteiger partial charge < -0.3 is 14.4 Å². The van der Waals surface area contributed by atoms with Crippen LogP contribution in [0.1, 0.15) is 26.3 Å². The molecule has 0 spiro atoms. The third-order valence-corrected chi connectivity index (χ3v) is 2.42. The van der Waals surface area contributed by atoms with Crippen LogP contribution >= 0.6 is 0 Å². The lowest BCUT2D eigenvalue weighted by Gasteiger charge is -2.27. The first-order valence-electron chi connectivity index (χ1n) is 6.31. The van der Waals surface area contributed by atoms with E-state index in [9.17, 15) is 9.59 Å². The number of nitrogens with zero attached hydrogens (tertiary/aromatic N) is 1. The molecular formula is C15H21NO3. The topological polar surface area (TPSA) is 46.6 Å². The van der Waals surface area contributed by atoms with E-state index in [0.29, 0.717) is 6.54 Å². The van der Waals surface area contributed by atoms with Crippen LogP contribution in [-0.2, 0) is 16.1 Å². The van der Waals surface area contributed by atoms with E-state index in [1.54, 1.807) is 0 Å². The molecule has 0 aliphatic rings. The van der Waals surface area contributed by atoms with Crippen LogP contribution in [0.15, 0.2) is 30.3 Å². The van der Waals surface area contributed by atoms with Crippen molar-refractivity contribution < 1.29 is 14.3 Å². The molecule has 0 aliphatic carbocycles. The summed E-state index contributed by atoms with van der Waals surface area (Å²) < 4.78 is 5.22. The number of hydrogen-bond acceptors (Lipinski definition) is 3. The summed E-state index contributed by atoms with van der Waals surface area (Å²) in [5.74, 6) is 0. The van der Waals surface area contributed by atoms with Gasteiger partial charge in [0, 0.05) is 6.54 Å². The first-order chi connectivity index (χ1) is 8.92. The van der Waals surface area contributed by atoms with Crippen LogP contribution in [0.2, 0.25) is 0 Å². The Balaban J connectivity index is 2.55. The van der Waals surface area contributed by atoms with E-state index in [1.807, 2.05) is 51.1 Å². The van der Waals surface area contributed by atoms with Crippen molar-refractivity contribution in [2.45, 2.75) is 27.4 Å². The molecule has 104 valence electrons. The number of carbonyl (C=O) groups excluding carboxylic acids is 2. The Labute approximate surface area is 114 Å². The molecular weight excluding hydrogens is 242 g/mol. The van der Waals surface area contributed by atoms with Gasteiger partial charge in [0.25, 0.3) is 0 Å². The fourth-order valence-corrected chi connectivity index (χ4v) is 1.68. The zero-order valence-electron chi connectivity index (χ0n) is 11.8. The molecule has 0 bridgehead atoms. The smallest absolute Gasteiger partial charge is 0.410 e. The second-order valence-electron chi connectivity index (χ2n) is 5.65. The Bertz CT molecular complexity index is 409. The average Bonchev–Trinajstić information content (AvgIpc) is 2.35. The third-order valence-electron chi connectivity index (χ3n) is 2.42. The largest absolute Gasteiger partial charge is 0.445 e. The Morgan fingerprint density at radius 3 is 2.42 bits per heavy atom. The molecule has 0 fully saturated rings. The Hall–Kier alpha value is -1.84. The fraction of sp³-hybridized carbons (Fsp3) is 0.467. The molecule has 0 atom stereocenters. The highest BCUT2D eigenvalue weighted by atomic mass is 16.6. The van der Waals surface area contributed by atoms with E-state index in [1.165, 1.54) is 4.90 Å². The van der Waals surface area contributed by atoms with Gasteiger partial charge in [-0.25, -0.2) is 4.79 Å². The lowest BCUT2D eigenvalue weighted by Crippen LogP contribution is -2.39. The molecule has 1 aromatic rings. The summed E-state index contributed by atoms with van der Waals surface area (Å²) in [6.45, 7) is 6.79. The highest BCUT2D eigenvalue weighted by molar-refractivity contribution is 5.71. The summed E-state index contributed by atoms with van der Waals surface area (Å²) in [5, 5.41) is 0. The minimum atomic E-state index is -0.453. The van der Waals surface area contributed by atoms with E-state index in [2.05, 4.69) is 0 Å². The van der Waals surface area contributed by atoms with Gasteiger partial charge in [-0.2, -0.15) is 0 Å². The van der Waals surface area contributed by atoms with Crippen molar-refractivity contribution in [3.63, 3.8) is 0 Å². The van der Waals surface area contributed by atoms with Gasteiger partial charge in [0.1, 0.15) is 12.9 Å². The maximum atomic E-state index is 11.9. The second kappa shape index (κ2) is 6.92. The average molecular weight is 263 g/mol. The maximum absolute atomic E-state index is 11.9. The summed E-state index contributed by atoms with van der Waals surface area (Å²) in [4.78, 5) is 24.0. The third kappa shape index (κ3) is 6.04. The SMILES string of the molecule is CC(C)(C)CN(CC=O)C(=O)OCc1ccccc1. The molecule has 0 unspecified atom stereocenters. The van der Waals surface area contributed by atoms with Gasteiger partial charge in [0.15, 0.2) is 0 Å². The Kier molecular flexibility index (Phi) is 5.55. The quantitative estimate of drug-likeness (QED) is 0.767. The minimum absolute atomic E-state index is 0.0604. The first kappa shape index (κ1) is 15.2. The van der Waals surface area contributed by atoms with Crippen molar-refractivity contribution in [2.24, 2.45) is 5.41 Å². The van der Waals surface area contributed by atoms with Crippen molar-refractivity contribution in [3.8, 4) is 0 Å². The Morgan fingerprint density at radius 1 is 1.26 bits per heavy atom. The number of amides is 1. The minimum Gasteiger partial charge on any atom is -0.445 e. The van der Waals surface area contributed by atoms with E-state index in [-0.39, 0.29) is 18.6 Å². The molecule has 4 nitrogen and oxygen atoms in total. The molecule has 1 rings (SSSR count). The van der Waals surface area contributed by atoms with Crippen molar-refractivity contribution >= 4 is 12.4 Å². The molecule has 0 aliphatic heterocycles. The number of ether oxygens (including phenoxy) is 1. The summed E-state index contributed by atoms with van der Waals surface area (Å²) in [7, 11) is 0. The van der Waals surface area contributed by atoms with Gasteiger partial charge in [-0.3, -0.25) is 0 Å². The molecule has 1 amide bonds. The Morgan fingerprint density at radius 2 is 1.89 bits per heavy atom. The molecule has 0 saturated carbocycles. The van der Waals surface area contributed by atoms with Gasteiger partial charge in [-0.15, -0.1) is 0 Å². The van der Waals surface area contributed by atoms with Crippen molar-refractivity contribution in [2.75, 3.05) is 13.1 Å². The van der Waals surface area contributed by atoms with Gasteiger partial charge in [0.05, 0.1) is 6.54 Å². The number of hydrogen-bond donors (Lipinski definition) is 0. The zero-order valence-corrected chi connectivity index (χ0v) is 11.8. The summed E-state index contributed by atoms with van der Waals surface area (Å²) in [5.41, 5.74) is 0.854. The molecule has 4 heteroatoms. The van der Waals surface area contributed by atoms with Crippen LogP contribution in [0, 0.1) is 5.41 Å². The molecule has 0 aromatic heterocycles. The first-order valence-corrected chi connectivity index (χ1v) is 6.31. The predicted octanol–water partition coefficient (Wildman–Crippen LogP) is 2.87. The summed E-state index contributed by atoms with van der Waals surface area (Å²) in [6.07, 6.45) is 0.265. The highest BCUT2D eigenvalue weighted by Crippen LogP contribution is 2.15.